The molecule has 0 rings (SSSR count). The third-order valence-corrected chi connectivity index (χ3v) is 3.88. The maximum atomic E-state index is 10.0. The van der Waals surface area contributed by atoms with Crippen molar-refractivity contribution in [3.63, 3.8) is 0 Å². The molecule has 0 aromatic heterocycles. The standard InChI is InChI=1S/C18H35O.Na.H2O4S/c1-2-3-4-5-6-7-8-9-10-11-12-13-14-15-16-17-18-19;;1-5(2,3)4/h2-17H2,1H3;;(H2,1,2,3,4)/q-1;+1;. The first kappa shape index (κ1) is 30.3. The second-order valence-electron chi connectivity index (χ2n) is 6.29. The summed E-state index contributed by atoms with van der Waals surface area (Å²) < 4.78 is 31.6. The van der Waals surface area contributed by atoms with E-state index in [1.54, 1.807) is 0 Å². The monoisotopic (exact) mass is 388 g/mol. The predicted octanol–water partition coefficient (Wildman–Crippen LogP) is 2.71. The van der Waals surface area contributed by atoms with E-state index in [1.165, 1.54) is 89.9 Å². The summed E-state index contributed by atoms with van der Waals surface area (Å²) >= 11 is 0. The van der Waals surface area contributed by atoms with E-state index in [2.05, 4.69) is 6.92 Å². The summed E-state index contributed by atoms with van der Waals surface area (Å²) in [6.07, 6.45) is 23.2. The molecule has 0 aliphatic rings. The Morgan fingerprint density at radius 3 is 1.12 bits per heavy atom. The quantitative estimate of drug-likeness (QED) is 0.184. The Morgan fingerprint density at radius 2 is 0.880 bits per heavy atom. The van der Waals surface area contributed by atoms with Crippen molar-refractivity contribution < 1.29 is 51.9 Å². The molecular formula is C18H37NaO5S. The maximum Gasteiger partial charge on any atom is 1.00 e. The first-order valence-electron chi connectivity index (χ1n) is 9.46. The first-order valence-corrected chi connectivity index (χ1v) is 10.9. The van der Waals surface area contributed by atoms with Gasteiger partial charge in [-0.05, 0) is 0 Å². The summed E-state index contributed by atoms with van der Waals surface area (Å²) in [5.74, 6) is 0. The summed E-state index contributed by atoms with van der Waals surface area (Å²) in [7, 11) is -4.67. The maximum absolute atomic E-state index is 10.0. The topological polar surface area (TPSA) is 91.7 Å². The zero-order chi connectivity index (χ0) is 18.5. The zero-order valence-corrected chi connectivity index (χ0v) is 19.2. The molecule has 0 aromatic rings. The number of unbranched alkanes of at least 4 members (excludes halogenated alkanes) is 15. The fourth-order valence-corrected chi connectivity index (χ4v) is 2.57. The normalized spacial score (nSPS) is 10.5. The Kier molecular flexibility index (Phi) is 29.7. The van der Waals surface area contributed by atoms with Crippen LogP contribution in [-0.4, -0.2) is 23.8 Å². The van der Waals surface area contributed by atoms with Crippen LogP contribution in [0.15, 0.2) is 0 Å². The fraction of sp³-hybridized carbons (Fsp3) is 0.944. The van der Waals surface area contributed by atoms with Gasteiger partial charge in [-0.1, -0.05) is 103 Å². The van der Waals surface area contributed by atoms with Crippen LogP contribution in [0, 0.1) is 0 Å². The molecule has 0 spiro atoms. The van der Waals surface area contributed by atoms with Crippen LogP contribution in [0.5, 0.6) is 0 Å². The molecule has 2 N–H and O–H groups in total. The molecular weight excluding hydrogens is 351 g/mol. The third-order valence-electron chi connectivity index (χ3n) is 3.88. The third kappa shape index (κ3) is 45.6. The predicted molar refractivity (Wildman–Crippen MR) is 99.4 cm³/mol. The van der Waals surface area contributed by atoms with Crippen molar-refractivity contribution in [3.8, 4) is 0 Å². The smallest absolute Gasteiger partial charge is 0.542 e. The zero-order valence-electron chi connectivity index (χ0n) is 16.3. The van der Waals surface area contributed by atoms with Gasteiger partial charge in [-0.3, -0.25) is 15.4 Å². The average Bonchev–Trinajstić information content (AvgIpc) is 2.49. The van der Waals surface area contributed by atoms with Gasteiger partial charge in [0.15, 0.2) is 0 Å². The summed E-state index contributed by atoms with van der Waals surface area (Å²) in [5.41, 5.74) is 0. The molecule has 0 unspecified atom stereocenters. The molecule has 0 aromatic carbocycles. The van der Waals surface area contributed by atoms with Gasteiger partial charge in [0.1, 0.15) is 0 Å². The molecule has 0 amide bonds. The van der Waals surface area contributed by atoms with Crippen molar-refractivity contribution in [2.24, 2.45) is 0 Å². The minimum absolute atomic E-state index is 0. The average molecular weight is 389 g/mol. The van der Waals surface area contributed by atoms with Crippen LogP contribution >= 0.6 is 0 Å². The van der Waals surface area contributed by atoms with Crippen molar-refractivity contribution in [2.45, 2.75) is 110 Å². The summed E-state index contributed by atoms with van der Waals surface area (Å²) in [5, 5.41) is 0. The van der Waals surface area contributed by atoms with Crippen molar-refractivity contribution in [3.05, 3.63) is 0 Å². The van der Waals surface area contributed by atoms with E-state index in [0.29, 0.717) is 6.42 Å². The summed E-state index contributed by atoms with van der Waals surface area (Å²) in [4.78, 5) is 10.0. The molecule has 146 valence electrons. The Morgan fingerprint density at radius 1 is 0.640 bits per heavy atom. The molecule has 0 fully saturated rings. The van der Waals surface area contributed by atoms with Crippen LogP contribution < -0.4 is 29.6 Å². The van der Waals surface area contributed by atoms with Gasteiger partial charge in [0.05, 0.1) is 0 Å². The molecule has 0 aliphatic heterocycles. The molecule has 25 heavy (non-hydrogen) atoms. The van der Waals surface area contributed by atoms with E-state index in [0.717, 1.165) is 6.42 Å². The van der Waals surface area contributed by atoms with Crippen LogP contribution in [0.2, 0.25) is 0 Å². The van der Waals surface area contributed by atoms with E-state index in [-0.39, 0.29) is 29.6 Å². The van der Waals surface area contributed by atoms with E-state index < -0.39 is 10.4 Å². The van der Waals surface area contributed by atoms with Gasteiger partial charge in [-0.2, -0.15) is 14.8 Å². The Labute approximate surface area is 177 Å². The van der Waals surface area contributed by atoms with Gasteiger partial charge < -0.3 is 4.79 Å². The van der Waals surface area contributed by atoms with Crippen molar-refractivity contribution >= 4 is 16.7 Å². The van der Waals surface area contributed by atoms with Crippen LogP contribution in [0.3, 0.4) is 0 Å². The van der Waals surface area contributed by atoms with Crippen LogP contribution in [0.1, 0.15) is 110 Å². The van der Waals surface area contributed by atoms with Gasteiger partial charge in [0, 0.05) is 0 Å². The molecule has 0 bridgehead atoms. The van der Waals surface area contributed by atoms with E-state index in [1.807, 2.05) is 6.29 Å². The minimum atomic E-state index is -4.67. The van der Waals surface area contributed by atoms with Gasteiger partial charge in [-0.15, -0.1) is 0 Å². The Bertz CT molecular complexity index is 339. The van der Waals surface area contributed by atoms with Crippen molar-refractivity contribution in [1.29, 1.82) is 0 Å². The van der Waals surface area contributed by atoms with Gasteiger partial charge in [-0.25, -0.2) is 0 Å². The van der Waals surface area contributed by atoms with Crippen LogP contribution in [0.4, 0.5) is 0 Å². The largest absolute Gasteiger partial charge is 1.00 e. The molecule has 0 atom stereocenters. The second-order valence-corrected chi connectivity index (χ2v) is 7.19. The van der Waals surface area contributed by atoms with Gasteiger partial charge in [0.25, 0.3) is 0 Å². The SMILES string of the molecule is CCCCCCCCCCCCCCCCC[C-]=O.O=S(=O)(O)O.[Na+]. The van der Waals surface area contributed by atoms with Crippen LogP contribution in [0.25, 0.3) is 0 Å². The minimum Gasteiger partial charge on any atom is -0.542 e. The number of hydrogen-bond acceptors (Lipinski definition) is 3. The molecule has 5 nitrogen and oxygen atoms in total. The van der Waals surface area contributed by atoms with Crippen molar-refractivity contribution in [1.82, 2.24) is 0 Å². The Hall–Kier alpha value is 0.540. The summed E-state index contributed by atoms with van der Waals surface area (Å²) in [6.45, 7) is 2.28. The van der Waals surface area contributed by atoms with E-state index >= 15 is 0 Å². The molecule has 0 aliphatic carbocycles. The molecule has 7 heteroatoms. The Balaban J connectivity index is -0.000000704. The van der Waals surface area contributed by atoms with Crippen molar-refractivity contribution in [2.75, 3.05) is 0 Å². The summed E-state index contributed by atoms with van der Waals surface area (Å²) in [6, 6.07) is 0. The molecule has 0 radical (unpaired) electrons. The van der Waals surface area contributed by atoms with E-state index in [4.69, 9.17) is 17.5 Å². The molecule has 0 heterocycles. The van der Waals surface area contributed by atoms with Gasteiger partial charge >= 0.3 is 40.0 Å². The first-order chi connectivity index (χ1) is 11.4. The van der Waals surface area contributed by atoms with Gasteiger partial charge in [0.2, 0.25) is 0 Å². The molecule has 0 saturated carbocycles. The van der Waals surface area contributed by atoms with E-state index in [9.17, 15) is 4.79 Å². The molecule has 0 saturated heterocycles. The number of rotatable bonds is 16. The number of hydrogen-bond donors (Lipinski definition) is 2. The second kappa shape index (κ2) is 24.5. The fourth-order valence-electron chi connectivity index (χ4n) is 2.57. The van der Waals surface area contributed by atoms with Crippen LogP contribution in [-0.2, 0) is 15.2 Å². The number of carbonyl (C=O) groups excluding carboxylic acids is 1.